The van der Waals surface area contributed by atoms with Gasteiger partial charge in [0.1, 0.15) is 12.4 Å². The van der Waals surface area contributed by atoms with Crippen LogP contribution in [0.25, 0.3) is 0 Å². The molecule has 0 aliphatic carbocycles. The van der Waals surface area contributed by atoms with E-state index < -0.39 is 0 Å². The van der Waals surface area contributed by atoms with Crippen molar-refractivity contribution in [3.05, 3.63) is 24.4 Å². The van der Waals surface area contributed by atoms with Crippen LogP contribution in [-0.2, 0) is 9.53 Å². The van der Waals surface area contributed by atoms with Gasteiger partial charge in [-0.05, 0) is 38.8 Å². The van der Waals surface area contributed by atoms with Crippen LogP contribution in [0.15, 0.2) is 24.4 Å². The second kappa shape index (κ2) is 7.24. The largest absolute Gasteiger partial charge is 0.369 e. The van der Waals surface area contributed by atoms with Crippen molar-refractivity contribution in [1.29, 1.82) is 0 Å². The number of amides is 1. The Labute approximate surface area is 120 Å². The summed E-state index contributed by atoms with van der Waals surface area (Å²) in [5.74, 6) is 0.996. The monoisotopic (exact) mass is 277 g/mol. The van der Waals surface area contributed by atoms with Gasteiger partial charge < -0.3 is 15.0 Å². The molecule has 0 aromatic carbocycles. The Balaban J connectivity index is 1.73. The van der Waals surface area contributed by atoms with Crippen LogP contribution in [0.1, 0.15) is 26.7 Å². The van der Waals surface area contributed by atoms with Crippen LogP contribution in [0.4, 0.5) is 5.82 Å². The fourth-order valence-electron chi connectivity index (χ4n) is 2.31. The average molecular weight is 277 g/mol. The number of hydrogen-bond donors (Lipinski definition) is 1. The molecule has 5 nitrogen and oxygen atoms in total. The lowest BCUT2D eigenvalue weighted by atomic mass is 10.1. The normalized spacial score (nSPS) is 16.4. The van der Waals surface area contributed by atoms with Crippen LogP contribution in [0, 0.1) is 0 Å². The minimum Gasteiger partial charge on any atom is -0.369 e. The van der Waals surface area contributed by atoms with E-state index in [-0.39, 0.29) is 24.7 Å². The maximum absolute atomic E-state index is 11.7. The summed E-state index contributed by atoms with van der Waals surface area (Å²) in [5.41, 5.74) is 0. The minimum absolute atomic E-state index is 0.0185. The minimum atomic E-state index is -0.0185. The van der Waals surface area contributed by atoms with E-state index in [4.69, 9.17) is 4.74 Å². The molecule has 1 aromatic rings. The van der Waals surface area contributed by atoms with E-state index in [1.54, 1.807) is 0 Å². The molecule has 1 aromatic heterocycles. The first-order chi connectivity index (χ1) is 9.65. The van der Waals surface area contributed by atoms with E-state index in [2.05, 4.69) is 15.2 Å². The summed E-state index contributed by atoms with van der Waals surface area (Å²) in [6, 6.07) is 6.19. The quantitative estimate of drug-likeness (QED) is 0.888. The molecular weight excluding hydrogens is 254 g/mol. The van der Waals surface area contributed by atoms with Gasteiger partial charge in [-0.2, -0.15) is 0 Å². The van der Waals surface area contributed by atoms with Gasteiger partial charge >= 0.3 is 0 Å². The van der Waals surface area contributed by atoms with Gasteiger partial charge in [0, 0.05) is 25.3 Å². The summed E-state index contributed by atoms with van der Waals surface area (Å²) in [5, 5.41) is 3.04. The van der Waals surface area contributed by atoms with E-state index in [0.717, 1.165) is 31.7 Å². The molecule has 0 atom stereocenters. The van der Waals surface area contributed by atoms with Gasteiger partial charge in [-0.1, -0.05) is 6.07 Å². The fourth-order valence-corrected chi connectivity index (χ4v) is 2.31. The molecule has 5 heteroatoms. The third-order valence-electron chi connectivity index (χ3n) is 3.38. The van der Waals surface area contributed by atoms with E-state index >= 15 is 0 Å². The molecule has 1 saturated heterocycles. The summed E-state index contributed by atoms with van der Waals surface area (Å²) >= 11 is 0. The number of hydrogen-bond acceptors (Lipinski definition) is 4. The van der Waals surface area contributed by atoms with Crippen LogP contribution in [0.5, 0.6) is 0 Å². The number of carbonyl (C=O) groups is 1. The Morgan fingerprint density at radius 3 is 2.80 bits per heavy atom. The molecule has 0 radical (unpaired) electrons. The predicted octanol–water partition coefficient (Wildman–Crippen LogP) is 1.59. The number of nitrogens with one attached hydrogen (secondary N) is 1. The van der Waals surface area contributed by atoms with Gasteiger partial charge in [0.05, 0.1) is 6.10 Å². The van der Waals surface area contributed by atoms with E-state index in [1.165, 1.54) is 0 Å². The van der Waals surface area contributed by atoms with Crippen LogP contribution >= 0.6 is 0 Å². The molecule has 1 amide bonds. The molecule has 2 rings (SSSR count). The Kier molecular flexibility index (Phi) is 5.35. The number of anilines is 1. The second-order valence-electron chi connectivity index (χ2n) is 5.38. The maximum Gasteiger partial charge on any atom is 0.246 e. The van der Waals surface area contributed by atoms with Crippen molar-refractivity contribution in [3.8, 4) is 0 Å². The second-order valence-corrected chi connectivity index (χ2v) is 5.38. The Hall–Kier alpha value is -1.62. The number of rotatable bonds is 5. The Bertz CT molecular complexity index is 414. The topological polar surface area (TPSA) is 54.5 Å². The molecule has 1 fully saturated rings. The molecular formula is C15H23N3O2. The summed E-state index contributed by atoms with van der Waals surface area (Å²) in [6.07, 6.45) is 3.80. The van der Waals surface area contributed by atoms with Crippen molar-refractivity contribution in [2.24, 2.45) is 0 Å². The highest BCUT2D eigenvalue weighted by Gasteiger charge is 2.21. The average Bonchev–Trinajstić information content (AvgIpc) is 2.47. The van der Waals surface area contributed by atoms with E-state index in [0.29, 0.717) is 0 Å². The first-order valence-corrected chi connectivity index (χ1v) is 7.22. The standard InChI is InChI=1S/C15H23N3O2/c1-12(2)20-11-15(19)17-13-6-9-18(10-7-13)14-5-3-4-8-16-14/h3-5,8,12-13H,6-7,9-11H2,1-2H3,(H,17,19). The number of pyridine rings is 1. The van der Waals surface area contributed by atoms with E-state index in [9.17, 15) is 4.79 Å². The number of piperidine rings is 1. The fraction of sp³-hybridized carbons (Fsp3) is 0.600. The van der Waals surface area contributed by atoms with Crippen molar-refractivity contribution in [3.63, 3.8) is 0 Å². The van der Waals surface area contributed by atoms with Crippen molar-refractivity contribution < 1.29 is 9.53 Å². The molecule has 110 valence electrons. The number of carbonyl (C=O) groups excluding carboxylic acids is 1. The molecule has 0 bridgehead atoms. The SMILES string of the molecule is CC(C)OCC(=O)NC1CCN(c2ccccn2)CC1. The maximum atomic E-state index is 11.7. The molecule has 0 unspecified atom stereocenters. The third-order valence-corrected chi connectivity index (χ3v) is 3.38. The molecule has 1 N–H and O–H groups in total. The van der Waals surface area contributed by atoms with Crippen LogP contribution < -0.4 is 10.2 Å². The van der Waals surface area contributed by atoms with Crippen LogP contribution in [0.3, 0.4) is 0 Å². The molecule has 1 aliphatic rings. The van der Waals surface area contributed by atoms with Gasteiger partial charge in [-0.15, -0.1) is 0 Å². The first kappa shape index (κ1) is 14.8. The smallest absolute Gasteiger partial charge is 0.246 e. The first-order valence-electron chi connectivity index (χ1n) is 7.22. The van der Waals surface area contributed by atoms with Crippen molar-refractivity contribution in [2.45, 2.75) is 38.8 Å². The van der Waals surface area contributed by atoms with Gasteiger partial charge in [0.15, 0.2) is 0 Å². The molecule has 2 heterocycles. The summed E-state index contributed by atoms with van der Waals surface area (Å²) in [4.78, 5) is 18.3. The molecule has 1 aliphatic heterocycles. The molecule has 20 heavy (non-hydrogen) atoms. The zero-order valence-electron chi connectivity index (χ0n) is 12.2. The number of ether oxygens (including phenoxy) is 1. The highest BCUT2D eigenvalue weighted by Crippen LogP contribution is 2.17. The van der Waals surface area contributed by atoms with Gasteiger partial charge in [0.25, 0.3) is 0 Å². The van der Waals surface area contributed by atoms with Crippen LogP contribution in [0.2, 0.25) is 0 Å². The van der Waals surface area contributed by atoms with Gasteiger partial charge in [-0.25, -0.2) is 4.98 Å². The third kappa shape index (κ3) is 4.49. The lowest BCUT2D eigenvalue weighted by Gasteiger charge is -2.33. The summed E-state index contributed by atoms with van der Waals surface area (Å²) in [6.45, 7) is 5.86. The molecule has 0 spiro atoms. The lowest BCUT2D eigenvalue weighted by molar-refractivity contribution is -0.127. The van der Waals surface area contributed by atoms with Crippen molar-refractivity contribution in [2.75, 3.05) is 24.6 Å². The van der Waals surface area contributed by atoms with Crippen molar-refractivity contribution >= 4 is 11.7 Å². The highest BCUT2D eigenvalue weighted by atomic mass is 16.5. The zero-order chi connectivity index (χ0) is 14.4. The number of aromatic nitrogens is 1. The van der Waals surface area contributed by atoms with Crippen LogP contribution in [-0.4, -0.2) is 42.7 Å². The Morgan fingerprint density at radius 1 is 1.45 bits per heavy atom. The Morgan fingerprint density at radius 2 is 2.20 bits per heavy atom. The number of nitrogens with zero attached hydrogens (tertiary/aromatic N) is 2. The lowest BCUT2D eigenvalue weighted by Crippen LogP contribution is -2.46. The predicted molar refractivity (Wildman–Crippen MR) is 78.7 cm³/mol. The zero-order valence-corrected chi connectivity index (χ0v) is 12.2. The van der Waals surface area contributed by atoms with Crippen molar-refractivity contribution in [1.82, 2.24) is 10.3 Å². The summed E-state index contributed by atoms with van der Waals surface area (Å²) < 4.78 is 5.30. The van der Waals surface area contributed by atoms with E-state index in [1.807, 2.05) is 38.2 Å². The van der Waals surface area contributed by atoms with Gasteiger partial charge in [-0.3, -0.25) is 4.79 Å². The molecule has 0 saturated carbocycles. The summed E-state index contributed by atoms with van der Waals surface area (Å²) in [7, 11) is 0. The highest BCUT2D eigenvalue weighted by molar-refractivity contribution is 5.77. The van der Waals surface area contributed by atoms with Gasteiger partial charge in [0.2, 0.25) is 5.91 Å².